The van der Waals surface area contributed by atoms with Crippen molar-refractivity contribution in [2.24, 2.45) is 0 Å². The van der Waals surface area contributed by atoms with Gasteiger partial charge in [0.2, 0.25) is 0 Å². The molecule has 0 fully saturated rings. The Bertz CT molecular complexity index is 856. The molecule has 7 nitrogen and oxygen atoms in total. The molecule has 0 saturated carbocycles. The van der Waals surface area contributed by atoms with Crippen molar-refractivity contribution >= 4 is 11.6 Å². The number of carbonyl (C=O) groups excluding carboxylic acids is 1. The van der Waals surface area contributed by atoms with Gasteiger partial charge in [-0.1, -0.05) is 12.1 Å². The first-order valence-corrected chi connectivity index (χ1v) is 10.3. The quantitative estimate of drug-likeness (QED) is 0.521. The van der Waals surface area contributed by atoms with E-state index >= 15 is 0 Å². The van der Waals surface area contributed by atoms with Gasteiger partial charge in [0.05, 0.1) is 27.0 Å². The van der Waals surface area contributed by atoms with Gasteiger partial charge >= 0.3 is 0 Å². The van der Waals surface area contributed by atoms with Crippen molar-refractivity contribution in [2.75, 3.05) is 52.8 Å². The Morgan fingerprint density at radius 3 is 2.40 bits per heavy atom. The van der Waals surface area contributed by atoms with E-state index in [0.29, 0.717) is 23.6 Å². The average molecular weight is 414 g/mol. The molecule has 1 aliphatic rings. The molecule has 1 heterocycles. The van der Waals surface area contributed by atoms with Crippen molar-refractivity contribution in [3.05, 3.63) is 47.5 Å². The third-order valence-corrected chi connectivity index (χ3v) is 5.24. The van der Waals surface area contributed by atoms with Crippen LogP contribution in [0, 0.1) is 0 Å². The van der Waals surface area contributed by atoms with Gasteiger partial charge in [-0.3, -0.25) is 4.79 Å². The predicted octanol–water partition coefficient (Wildman–Crippen LogP) is 3.15. The van der Waals surface area contributed by atoms with E-state index in [2.05, 4.69) is 10.6 Å². The van der Waals surface area contributed by atoms with E-state index in [4.69, 9.17) is 14.2 Å². The molecule has 0 spiro atoms. The number of anilines is 1. The summed E-state index contributed by atoms with van der Waals surface area (Å²) in [6, 6.07) is 11.6. The number of hydrogen-bond acceptors (Lipinski definition) is 6. The maximum atomic E-state index is 12.7. The van der Waals surface area contributed by atoms with Crippen LogP contribution in [0.1, 0.15) is 28.8 Å². The minimum absolute atomic E-state index is 0.0694. The van der Waals surface area contributed by atoms with Crippen molar-refractivity contribution in [3.63, 3.8) is 0 Å². The first-order chi connectivity index (χ1) is 14.7. The molecule has 0 aromatic heterocycles. The first kappa shape index (κ1) is 21.8. The van der Waals surface area contributed by atoms with Gasteiger partial charge in [0, 0.05) is 31.7 Å². The van der Waals surface area contributed by atoms with E-state index in [1.165, 1.54) is 0 Å². The third-order valence-electron chi connectivity index (χ3n) is 5.24. The fourth-order valence-corrected chi connectivity index (χ4v) is 3.63. The summed E-state index contributed by atoms with van der Waals surface area (Å²) in [5.74, 6) is 2.18. The Morgan fingerprint density at radius 1 is 0.900 bits per heavy atom. The number of rotatable bonds is 12. The van der Waals surface area contributed by atoms with E-state index in [1.54, 1.807) is 27.4 Å². The molecule has 0 radical (unpaired) electrons. The highest BCUT2D eigenvalue weighted by atomic mass is 16.5. The number of methoxy groups -OCH3 is 3. The van der Waals surface area contributed by atoms with Crippen molar-refractivity contribution in [3.8, 4) is 17.2 Å². The van der Waals surface area contributed by atoms with Crippen LogP contribution >= 0.6 is 0 Å². The van der Waals surface area contributed by atoms with Crippen LogP contribution in [-0.4, -0.2) is 58.3 Å². The zero-order chi connectivity index (χ0) is 21.3. The minimum atomic E-state index is 0.0694. The molecule has 30 heavy (non-hydrogen) atoms. The molecule has 2 aromatic carbocycles. The number of nitrogens with zero attached hydrogens (tertiary/aromatic N) is 1. The van der Waals surface area contributed by atoms with E-state index in [0.717, 1.165) is 56.0 Å². The molecule has 2 N–H and O–H groups in total. The number of unbranched alkanes of at least 4 members (excludes halogenated alkanes) is 1. The van der Waals surface area contributed by atoms with Crippen molar-refractivity contribution in [2.45, 2.75) is 19.4 Å². The maximum absolute atomic E-state index is 12.7. The molecule has 3 rings (SSSR count). The molecule has 7 heteroatoms. The molecule has 1 amide bonds. The standard InChI is InChI=1S/C23H31N3O4/c1-28-20-9-5-4-8-19(20)25-12-11-24-10-6-7-13-26-16-17-14-21(29-2)22(30-3)15-18(17)23(26)27/h4-5,8-9,14-15,24-25H,6-7,10-13,16H2,1-3H3. The number of fused-ring (bicyclic) bond motifs is 1. The highest BCUT2D eigenvalue weighted by molar-refractivity contribution is 5.99. The first-order valence-electron chi connectivity index (χ1n) is 10.3. The lowest BCUT2D eigenvalue weighted by atomic mass is 10.1. The van der Waals surface area contributed by atoms with Crippen LogP contribution in [0.4, 0.5) is 5.69 Å². The van der Waals surface area contributed by atoms with E-state index in [1.807, 2.05) is 35.2 Å². The number of amides is 1. The lowest BCUT2D eigenvalue weighted by Gasteiger charge is -2.15. The molecule has 0 saturated heterocycles. The Hall–Kier alpha value is -2.93. The Kier molecular flexibility index (Phi) is 7.79. The molecule has 0 bridgehead atoms. The second kappa shape index (κ2) is 10.7. The van der Waals surface area contributed by atoms with Crippen LogP contribution in [-0.2, 0) is 6.54 Å². The van der Waals surface area contributed by atoms with Crippen LogP contribution in [0.15, 0.2) is 36.4 Å². The second-order valence-electron chi connectivity index (χ2n) is 7.18. The maximum Gasteiger partial charge on any atom is 0.254 e. The number of carbonyl (C=O) groups is 1. The molecule has 2 aromatic rings. The number of para-hydroxylation sites is 2. The summed E-state index contributed by atoms with van der Waals surface area (Å²) in [6.07, 6.45) is 1.97. The fourth-order valence-electron chi connectivity index (χ4n) is 3.63. The van der Waals surface area contributed by atoms with Crippen LogP contribution < -0.4 is 24.8 Å². The summed E-state index contributed by atoms with van der Waals surface area (Å²) >= 11 is 0. The Balaban J connectivity index is 1.34. The van der Waals surface area contributed by atoms with Gasteiger partial charge in [-0.05, 0) is 49.2 Å². The van der Waals surface area contributed by atoms with Gasteiger partial charge in [-0.25, -0.2) is 0 Å². The Labute approximate surface area is 178 Å². The highest BCUT2D eigenvalue weighted by Crippen LogP contribution is 2.34. The smallest absolute Gasteiger partial charge is 0.254 e. The average Bonchev–Trinajstić information content (AvgIpc) is 3.09. The summed E-state index contributed by atoms with van der Waals surface area (Å²) < 4.78 is 16.0. The van der Waals surface area contributed by atoms with Crippen molar-refractivity contribution in [1.29, 1.82) is 0 Å². The summed E-state index contributed by atoms with van der Waals surface area (Å²) in [5.41, 5.74) is 2.72. The lowest BCUT2D eigenvalue weighted by Crippen LogP contribution is -2.27. The highest BCUT2D eigenvalue weighted by Gasteiger charge is 2.28. The zero-order valence-electron chi connectivity index (χ0n) is 18.0. The van der Waals surface area contributed by atoms with Crippen LogP contribution in [0.3, 0.4) is 0 Å². The molecule has 1 aliphatic heterocycles. The molecule has 0 unspecified atom stereocenters. The molecular formula is C23H31N3O4. The second-order valence-corrected chi connectivity index (χ2v) is 7.18. The van der Waals surface area contributed by atoms with Crippen molar-refractivity contribution in [1.82, 2.24) is 10.2 Å². The summed E-state index contributed by atoms with van der Waals surface area (Å²) in [5, 5.41) is 6.81. The normalized spacial score (nSPS) is 12.6. The predicted molar refractivity (Wildman–Crippen MR) is 118 cm³/mol. The van der Waals surface area contributed by atoms with Gasteiger partial charge in [0.15, 0.2) is 11.5 Å². The minimum Gasteiger partial charge on any atom is -0.495 e. The number of nitrogens with one attached hydrogen (secondary N) is 2. The Morgan fingerprint density at radius 2 is 1.63 bits per heavy atom. The van der Waals surface area contributed by atoms with Crippen LogP contribution in [0.25, 0.3) is 0 Å². The summed E-state index contributed by atoms with van der Waals surface area (Å²) in [4.78, 5) is 14.5. The van der Waals surface area contributed by atoms with Gasteiger partial charge in [-0.15, -0.1) is 0 Å². The molecule has 0 aliphatic carbocycles. The third kappa shape index (κ3) is 5.16. The topological polar surface area (TPSA) is 72.1 Å². The van der Waals surface area contributed by atoms with Crippen molar-refractivity contribution < 1.29 is 19.0 Å². The van der Waals surface area contributed by atoms with Gasteiger partial charge in [0.1, 0.15) is 5.75 Å². The van der Waals surface area contributed by atoms with Crippen LogP contribution in [0.5, 0.6) is 17.2 Å². The van der Waals surface area contributed by atoms with Gasteiger partial charge in [-0.2, -0.15) is 0 Å². The molecule has 162 valence electrons. The molecule has 0 atom stereocenters. The largest absolute Gasteiger partial charge is 0.495 e. The van der Waals surface area contributed by atoms with Gasteiger partial charge in [0.25, 0.3) is 5.91 Å². The van der Waals surface area contributed by atoms with Crippen LogP contribution in [0.2, 0.25) is 0 Å². The SMILES string of the molecule is COc1ccccc1NCCNCCCCN1Cc2cc(OC)c(OC)cc2C1=O. The number of ether oxygens (including phenoxy) is 3. The van der Waals surface area contributed by atoms with Gasteiger partial charge < -0.3 is 29.7 Å². The number of benzene rings is 2. The lowest BCUT2D eigenvalue weighted by molar-refractivity contribution is 0.0775. The summed E-state index contributed by atoms with van der Waals surface area (Å²) in [6.45, 7) is 3.99. The monoisotopic (exact) mass is 413 g/mol. The van der Waals surface area contributed by atoms with E-state index < -0.39 is 0 Å². The summed E-state index contributed by atoms with van der Waals surface area (Å²) in [7, 11) is 4.87. The van der Waals surface area contributed by atoms with E-state index in [-0.39, 0.29) is 5.91 Å². The zero-order valence-corrected chi connectivity index (χ0v) is 18.0. The van der Waals surface area contributed by atoms with E-state index in [9.17, 15) is 4.79 Å². The fraction of sp³-hybridized carbons (Fsp3) is 0.435. The number of hydrogen-bond donors (Lipinski definition) is 2. The molecular weight excluding hydrogens is 382 g/mol.